The van der Waals surface area contributed by atoms with E-state index in [2.05, 4.69) is 11.0 Å². The molecular formula is C17H21NO2. The predicted molar refractivity (Wildman–Crippen MR) is 79.2 cm³/mol. The number of benzene rings is 1. The zero-order valence-electron chi connectivity index (χ0n) is 11.7. The smallest absolute Gasteiger partial charge is 0.328 e. The van der Waals surface area contributed by atoms with Crippen molar-refractivity contribution in [2.45, 2.75) is 25.8 Å². The van der Waals surface area contributed by atoms with Gasteiger partial charge in [-0.1, -0.05) is 30.7 Å². The molecule has 3 nitrogen and oxygen atoms in total. The quantitative estimate of drug-likeness (QED) is 0.856. The Hall–Kier alpha value is -1.61. The molecule has 0 aromatic heterocycles. The molecule has 1 heterocycles. The molecule has 0 bridgehead atoms. The fraction of sp³-hybridized carbons (Fsp3) is 0.471. The topological polar surface area (TPSA) is 40.5 Å². The van der Waals surface area contributed by atoms with Crippen molar-refractivity contribution in [1.29, 1.82) is 0 Å². The van der Waals surface area contributed by atoms with E-state index in [1.165, 1.54) is 44.0 Å². The number of fused-ring (bicyclic) bond motifs is 1. The van der Waals surface area contributed by atoms with E-state index >= 15 is 0 Å². The molecule has 3 rings (SSSR count). The van der Waals surface area contributed by atoms with Crippen LogP contribution in [0.25, 0.3) is 6.08 Å². The highest BCUT2D eigenvalue weighted by molar-refractivity contribution is 5.85. The minimum atomic E-state index is -0.893. The van der Waals surface area contributed by atoms with Crippen LogP contribution >= 0.6 is 0 Å². The van der Waals surface area contributed by atoms with Gasteiger partial charge in [-0.3, -0.25) is 4.90 Å². The number of hydrogen-bond acceptors (Lipinski definition) is 2. The lowest BCUT2D eigenvalue weighted by atomic mass is 10.0. The number of hydrogen-bond donors (Lipinski definition) is 1. The van der Waals surface area contributed by atoms with Crippen LogP contribution in [-0.4, -0.2) is 29.1 Å². The fourth-order valence-electron chi connectivity index (χ4n) is 3.70. The van der Waals surface area contributed by atoms with Crippen LogP contribution in [0.15, 0.2) is 30.3 Å². The van der Waals surface area contributed by atoms with Crippen LogP contribution in [0.5, 0.6) is 0 Å². The van der Waals surface area contributed by atoms with Gasteiger partial charge in [-0.05, 0) is 41.9 Å². The third-order valence-electron chi connectivity index (χ3n) is 4.66. The zero-order valence-corrected chi connectivity index (χ0v) is 11.7. The summed E-state index contributed by atoms with van der Waals surface area (Å²) in [5.41, 5.74) is 2.25. The van der Waals surface area contributed by atoms with Crippen molar-refractivity contribution in [1.82, 2.24) is 4.90 Å². The Labute approximate surface area is 119 Å². The molecule has 1 aromatic carbocycles. The lowest BCUT2D eigenvalue weighted by Crippen LogP contribution is -2.21. The van der Waals surface area contributed by atoms with Crippen molar-refractivity contribution < 1.29 is 9.90 Å². The molecule has 20 heavy (non-hydrogen) atoms. The number of likely N-dealkylation sites (tertiary alicyclic amines) is 1. The molecule has 0 spiro atoms. The largest absolute Gasteiger partial charge is 0.478 e. The van der Waals surface area contributed by atoms with Crippen LogP contribution in [0.1, 0.15) is 30.4 Å². The molecule has 1 N–H and O–H groups in total. The highest BCUT2D eigenvalue weighted by Gasteiger charge is 2.35. The van der Waals surface area contributed by atoms with Gasteiger partial charge >= 0.3 is 5.97 Å². The number of carboxylic acids is 1. The normalized spacial score (nSPS) is 26.2. The molecule has 0 radical (unpaired) electrons. The van der Waals surface area contributed by atoms with Gasteiger partial charge in [-0.2, -0.15) is 0 Å². The summed E-state index contributed by atoms with van der Waals surface area (Å²) in [6.45, 7) is 3.36. The first-order valence-electron chi connectivity index (χ1n) is 7.43. The zero-order chi connectivity index (χ0) is 13.9. The second-order valence-corrected chi connectivity index (χ2v) is 6.02. The van der Waals surface area contributed by atoms with Gasteiger partial charge in [-0.15, -0.1) is 0 Å². The van der Waals surface area contributed by atoms with Crippen LogP contribution in [0.4, 0.5) is 0 Å². The summed E-state index contributed by atoms with van der Waals surface area (Å²) in [5.74, 6) is 0.906. The van der Waals surface area contributed by atoms with Gasteiger partial charge in [-0.25, -0.2) is 4.79 Å². The summed E-state index contributed by atoms with van der Waals surface area (Å²) in [7, 11) is 0. The Morgan fingerprint density at radius 2 is 1.95 bits per heavy atom. The summed E-state index contributed by atoms with van der Waals surface area (Å²) >= 11 is 0. The van der Waals surface area contributed by atoms with Crippen molar-refractivity contribution in [2.24, 2.45) is 11.8 Å². The average Bonchev–Trinajstić information content (AvgIpc) is 2.98. The number of carboxylic acid groups (broad SMARTS) is 1. The Kier molecular flexibility index (Phi) is 3.88. The van der Waals surface area contributed by atoms with Crippen molar-refractivity contribution in [3.63, 3.8) is 0 Å². The van der Waals surface area contributed by atoms with E-state index in [-0.39, 0.29) is 0 Å². The van der Waals surface area contributed by atoms with Crippen LogP contribution in [-0.2, 0) is 11.3 Å². The van der Waals surface area contributed by atoms with Crippen molar-refractivity contribution >= 4 is 12.0 Å². The van der Waals surface area contributed by atoms with E-state index in [4.69, 9.17) is 5.11 Å². The van der Waals surface area contributed by atoms with E-state index in [9.17, 15) is 4.79 Å². The Morgan fingerprint density at radius 3 is 2.65 bits per heavy atom. The van der Waals surface area contributed by atoms with Gasteiger partial charge in [0.15, 0.2) is 0 Å². The Morgan fingerprint density at radius 1 is 1.25 bits per heavy atom. The van der Waals surface area contributed by atoms with Crippen molar-refractivity contribution in [3.05, 3.63) is 41.5 Å². The minimum Gasteiger partial charge on any atom is -0.478 e. The summed E-state index contributed by atoms with van der Waals surface area (Å²) < 4.78 is 0. The average molecular weight is 271 g/mol. The van der Waals surface area contributed by atoms with E-state index in [1.807, 2.05) is 18.2 Å². The van der Waals surface area contributed by atoms with Crippen LogP contribution in [0, 0.1) is 11.8 Å². The molecule has 3 heteroatoms. The molecule has 2 atom stereocenters. The summed E-state index contributed by atoms with van der Waals surface area (Å²) in [6.07, 6.45) is 7.11. The molecule has 0 amide bonds. The van der Waals surface area contributed by atoms with Gasteiger partial charge < -0.3 is 5.11 Å². The molecule has 2 unspecified atom stereocenters. The first-order chi connectivity index (χ1) is 9.72. The number of nitrogens with zero attached hydrogens (tertiary/aromatic N) is 1. The lowest BCUT2D eigenvalue weighted by molar-refractivity contribution is -0.131. The summed E-state index contributed by atoms with van der Waals surface area (Å²) in [4.78, 5) is 13.2. The molecule has 2 fully saturated rings. The van der Waals surface area contributed by atoms with E-state index in [0.717, 1.165) is 23.9 Å². The maximum Gasteiger partial charge on any atom is 0.328 e. The van der Waals surface area contributed by atoms with Gasteiger partial charge in [0.1, 0.15) is 0 Å². The molecular weight excluding hydrogens is 250 g/mol. The maximum absolute atomic E-state index is 10.7. The second-order valence-electron chi connectivity index (χ2n) is 6.02. The van der Waals surface area contributed by atoms with E-state index in [0.29, 0.717) is 0 Å². The van der Waals surface area contributed by atoms with Gasteiger partial charge in [0.05, 0.1) is 0 Å². The molecule has 1 aliphatic heterocycles. The lowest BCUT2D eigenvalue weighted by Gasteiger charge is -2.18. The molecule has 1 aromatic rings. The summed E-state index contributed by atoms with van der Waals surface area (Å²) in [5, 5.41) is 8.76. The molecule has 2 aliphatic rings. The third-order valence-corrected chi connectivity index (χ3v) is 4.66. The van der Waals surface area contributed by atoms with Crippen molar-refractivity contribution in [2.75, 3.05) is 13.1 Å². The number of rotatable bonds is 4. The first-order valence-corrected chi connectivity index (χ1v) is 7.43. The molecule has 1 saturated heterocycles. The van der Waals surface area contributed by atoms with Gasteiger partial charge in [0.25, 0.3) is 0 Å². The molecule has 1 aliphatic carbocycles. The van der Waals surface area contributed by atoms with Gasteiger partial charge in [0, 0.05) is 25.7 Å². The minimum absolute atomic E-state index is 0.893. The highest BCUT2D eigenvalue weighted by atomic mass is 16.4. The molecule has 106 valence electrons. The van der Waals surface area contributed by atoms with Crippen molar-refractivity contribution in [3.8, 4) is 0 Å². The molecule has 1 saturated carbocycles. The van der Waals surface area contributed by atoms with E-state index in [1.54, 1.807) is 6.08 Å². The standard InChI is InChI=1S/C17H21NO2/c19-17(20)9-8-13-4-1-2-5-14(13)10-18-11-15-6-3-7-16(15)12-18/h1-2,4-5,8-9,15-16H,3,6-7,10-12H2,(H,19,20)/b9-8+. The van der Waals surface area contributed by atoms with Crippen LogP contribution in [0.3, 0.4) is 0 Å². The SMILES string of the molecule is O=C(O)/C=C/c1ccccc1CN1CC2CCCC2C1. The Bertz CT molecular complexity index is 511. The first kappa shape index (κ1) is 13.4. The maximum atomic E-state index is 10.7. The number of carbonyl (C=O) groups is 1. The van der Waals surface area contributed by atoms with E-state index < -0.39 is 5.97 Å². The Balaban J connectivity index is 1.70. The van der Waals surface area contributed by atoms with Crippen LogP contribution < -0.4 is 0 Å². The monoisotopic (exact) mass is 271 g/mol. The number of aliphatic carboxylic acids is 1. The predicted octanol–water partition coefficient (Wildman–Crippen LogP) is 3.02. The highest BCUT2D eigenvalue weighted by Crippen LogP contribution is 2.38. The van der Waals surface area contributed by atoms with Crippen LogP contribution in [0.2, 0.25) is 0 Å². The van der Waals surface area contributed by atoms with Gasteiger partial charge in [0.2, 0.25) is 0 Å². The summed E-state index contributed by atoms with van der Waals surface area (Å²) in [6, 6.07) is 8.09. The third kappa shape index (κ3) is 2.93. The fourth-order valence-corrected chi connectivity index (χ4v) is 3.70. The second kappa shape index (κ2) is 5.80.